The Labute approximate surface area is 124 Å². The van der Waals surface area contributed by atoms with Crippen LogP contribution in [0.3, 0.4) is 0 Å². The first kappa shape index (κ1) is 13.8. The molecule has 110 valence electrons. The molecule has 0 atom stereocenters. The van der Waals surface area contributed by atoms with Gasteiger partial charge in [0.15, 0.2) is 0 Å². The van der Waals surface area contributed by atoms with Crippen LogP contribution in [0.5, 0.6) is 0 Å². The first-order valence-corrected chi connectivity index (χ1v) is 7.35. The van der Waals surface area contributed by atoms with Gasteiger partial charge >= 0.3 is 6.03 Å². The van der Waals surface area contributed by atoms with E-state index in [9.17, 15) is 9.59 Å². The largest absolute Gasteiger partial charge is 0.324 e. The zero-order chi connectivity index (χ0) is 15.0. The molecule has 1 heterocycles. The Morgan fingerprint density at radius 3 is 2.33 bits per heavy atom. The summed E-state index contributed by atoms with van der Waals surface area (Å²) in [5.41, 5.74) is 1.58. The summed E-state index contributed by atoms with van der Waals surface area (Å²) in [7, 11) is 0. The van der Waals surface area contributed by atoms with Crippen molar-refractivity contribution in [3.63, 3.8) is 0 Å². The Hall–Kier alpha value is -2.13. The highest BCUT2D eigenvalue weighted by Crippen LogP contribution is 2.49. The lowest BCUT2D eigenvalue weighted by Crippen LogP contribution is -2.36. The number of urea groups is 1. The van der Waals surface area contributed by atoms with Crippen LogP contribution in [0.2, 0.25) is 0 Å². The van der Waals surface area contributed by atoms with Crippen LogP contribution in [0.15, 0.2) is 29.3 Å². The van der Waals surface area contributed by atoms with Crippen molar-refractivity contribution in [2.45, 2.75) is 38.3 Å². The number of hydrogen-bond acceptors (Lipinski definition) is 3. The molecule has 2 amide bonds. The molecule has 1 saturated heterocycles. The number of anilines is 1. The van der Waals surface area contributed by atoms with Crippen LogP contribution < -0.4 is 4.90 Å². The molecule has 0 radical (unpaired) electrons. The summed E-state index contributed by atoms with van der Waals surface area (Å²) >= 11 is 0. The molecular formula is C16H19N3O2. The highest BCUT2D eigenvalue weighted by atomic mass is 16.2. The Kier molecular flexibility index (Phi) is 3.30. The van der Waals surface area contributed by atoms with E-state index in [0.29, 0.717) is 6.54 Å². The maximum atomic E-state index is 12.3. The zero-order valence-corrected chi connectivity index (χ0v) is 12.4. The summed E-state index contributed by atoms with van der Waals surface area (Å²) < 4.78 is 0. The number of hydrogen-bond donors (Lipinski definition) is 0. The Morgan fingerprint density at radius 1 is 1.19 bits per heavy atom. The fourth-order valence-corrected chi connectivity index (χ4v) is 2.90. The van der Waals surface area contributed by atoms with Gasteiger partial charge in [0.05, 0.1) is 5.54 Å². The van der Waals surface area contributed by atoms with Crippen LogP contribution in [-0.2, 0) is 10.3 Å². The molecule has 1 aromatic rings. The number of amides is 2. The van der Waals surface area contributed by atoms with Crippen molar-refractivity contribution < 1.29 is 9.59 Å². The van der Waals surface area contributed by atoms with Crippen LogP contribution in [-0.4, -0.2) is 36.1 Å². The van der Waals surface area contributed by atoms with Gasteiger partial charge in [-0.3, -0.25) is 4.90 Å². The van der Waals surface area contributed by atoms with E-state index in [-0.39, 0.29) is 17.6 Å². The predicted molar refractivity (Wildman–Crippen MR) is 80.1 cm³/mol. The highest BCUT2D eigenvalue weighted by molar-refractivity contribution is 5.94. The molecule has 0 unspecified atom stereocenters. The number of isocyanates is 1. The Balaban J connectivity index is 1.80. The number of carbonyl (C=O) groups excluding carboxylic acids is 2. The average molecular weight is 285 g/mol. The van der Waals surface area contributed by atoms with Crippen molar-refractivity contribution >= 4 is 17.8 Å². The SMILES string of the molecule is CC(C)N1CCN(c2ccc(C3(N=C=O)CC3)cc2)C1=O. The van der Waals surface area contributed by atoms with Gasteiger partial charge in [0.2, 0.25) is 6.08 Å². The maximum Gasteiger partial charge on any atom is 0.324 e. The number of nitrogens with zero attached hydrogens (tertiary/aromatic N) is 3. The Bertz CT molecular complexity index is 598. The fraction of sp³-hybridized carbons (Fsp3) is 0.500. The summed E-state index contributed by atoms with van der Waals surface area (Å²) in [5.74, 6) is 0. The Morgan fingerprint density at radius 2 is 1.86 bits per heavy atom. The second kappa shape index (κ2) is 5.01. The second-order valence-electron chi connectivity index (χ2n) is 6.00. The van der Waals surface area contributed by atoms with Crippen molar-refractivity contribution in [3.8, 4) is 0 Å². The molecule has 0 N–H and O–H groups in total. The second-order valence-corrected chi connectivity index (χ2v) is 6.00. The van der Waals surface area contributed by atoms with Gasteiger partial charge < -0.3 is 4.90 Å². The highest BCUT2D eigenvalue weighted by Gasteiger charge is 2.44. The van der Waals surface area contributed by atoms with E-state index >= 15 is 0 Å². The third kappa shape index (κ3) is 2.34. The molecular weight excluding hydrogens is 266 g/mol. The summed E-state index contributed by atoms with van der Waals surface area (Å²) in [6.07, 6.45) is 3.46. The number of benzene rings is 1. The summed E-state index contributed by atoms with van der Waals surface area (Å²) in [6.45, 7) is 5.53. The van der Waals surface area contributed by atoms with Crippen LogP contribution in [0.4, 0.5) is 10.5 Å². The molecule has 2 aliphatic rings. The molecule has 2 fully saturated rings. The van der Waals surface area contributed by atoms with Gasteiger partial charge in [-0.15, -0.1) is 0 Å². The van der Waals surface area contributed by atoms with E-state index in [0.717, 1.165) is 30.6 Å². The van der Waals surface area contributed by atoms with Gasteiger partial charge in [-0.25, -0.2) is 9.59 Å². The smallest absolute Gasteiger partial charge is 0.320 e. The van der Waals surface area contributed by atoms with E-state index in [1.165, 1.54) is 0 Å². The molecule has 0 aromatic heterocycles. The number of rotatable bonds is 4. The zero-order valence-electron chi connectivity index (χ0n) is 12.4. The van der Waals surface area contributed by atoms with E-state index in [4.69, 9.17) is 0 Å². The maximum absolute atomic E-state index is 12.3. The van der Waals surface area contributed by atoms with Gasteiger partial charge in [0.1, 0.15) is 0 Å². The van der Waals surface area contributed by atoms with Crippen molar-refractivity contribution in [1.29, 1.82) is 0 Å². The van der Waals surface area contributed by atoms with Gasteiger partial charge in [-0.1, -0.05) is 12.1 Å². The molecule has 1 saturated carbocycles. The minimum Gasteiger partial charge on any atom is -0.320 e. The van der Waals surface area contributed by atoms with Gasteiger partial charge in [-0.05, 0) is 44.4 Å². The van der Waals surface area contributed by atoms with Crippen molar-refractivity contribution in [1.82, 2.24) is 4.90 Å². The minimum absolute atomic E-state index is 0.0600. The third-order valence-electron chi connectivity index (χ3n) is 4.36. The molecule has 0 bridgehead atoms. The summed E-state index contributed by atoms with van der Waals surface area (Å²) in [4.78, 5) is 30.4. The molecule has 5 heteroatoms. The summed E-state index contributed by atoms with van der Waals surface area (Å²) in [6, 6.07) is 8.10. The van der Waals surface area contributed by atoms with Crippen LogP contribution in [0.1, 0.15) is 32.3 Å². The molecule has 5 nitrogen and oxygen atoms in total. The summed E-state index contributed by atoms with van der Waals surface area (Å²) in [5, 5.41) is 0. The topological polar surface area (TPSA) is 53.0 Å². The quantitative estimate of drug-likeness (QED) is 0.631. The monoisotopic (exact) mass is 285 g/mol. The molecule has 1 aliphatic heterocycles. The standard InChI is InChI=1S/C16H19N3O2/c1-12(2)18-9-10-19(15(18)21)14-5-3-13(4-6-14)16(7-8-16)17-11-20/h3-6,12H,7-10H2,1-2H3. The van der Waals surface area contributed by atoms with E-state index in [1.807, 2.05) is 43.0 Å². The van der Waals surface area contributed by atoms with E-state index < -0.39 is 0 Å². The lowest BCUT2D eigenvalue weighted by Gasteiger charge is -2.22. The van der Waals surface area contributed by atoms with Crippen LogP contribution >= 0.6 is 0 Å². The van der Waals surface area contributed by atoms with E-state index in [2.05, 4.69) is 4.99 Å². The number of aliphatic imine (C=N–C) groups is 1. The molecule has 3 rings (SSSR count). The molecule has 21 heavy (non-hydrogen) atoms. The molecule has 1 aromatic carbocycles. The minimum atomic E-state index is -0.348. The van der Waals surface area contributed by atoms with Gasteiger partial charge in [0.25, 0.3) is 0 Å². The third-order valence-corrected chi connectivity index (χ3v) is 4.36. The van der Waals surface area contributed by atoms with Gasteiger partial charge in [0, 0.05) is 24.8 Å². The van der Waals surface area contributed by atoms with Gasteiger partial charge in [-0.2, -0.15) is 4.99 Å². The molecule has 1 aliphatic carbocycles. The normalized spacial score (nSPS) is 19.9. The first-order valence-electron chi connectivity index (χ1n) is 7.35. The average Bonchev–Trinajstić information content (AvgIpc) is 3.14. The lowest BCUT2D eigenvalue weighted by atomic mass is 10.1. The molecule has 0 spiro atoms. The lowest BCUT2D eigenvalue weighted by molar-refractivity contribution is 0.209. The predicted octanol–water partition coefficient (Wildman–Crippen LogP) is 2.66. The number of carbonyl (C=O) groups is 1. The first-order chi connectivity index (χ1) is 10.1. The van der Waals surface area contributed by atoms with Crippen LogP contribution in [0.25, 0.3) is 0 Å². The van der Waals surface area contributed by atoms with Crippen molar-refractivity contribution in [2.24, 2.45) is 4.99 Å². The van der Waals surface area contributed by atoms with E-state index in [1.54, 1.807) is 11.0 Å². The van der Waals surface area contributed by atoms with Crippen molar-refractivity contribution in [2.75, 3.05) is 18.0 Å². The fourth-order valence-electron chi connectivity index (χ4n) is 2.90. The van der Waals surface area contributed by atoms with Crippen molar-refractivity contribution in [3.05, 3.63) is 29.8 Å². The van der Waals surface area contributed by atoms with Crippen LogP contribution in [0, 0.1) is 0 Å².